The molecule has 1 fully saturated rings. The van der Waals surface area contributed by atoms with Crippen molar-refractivity contribution >= 4 is 29.4 Å². The quantitative estimate of drug-likeness (QED) is 0.396. The summed E-state index contributed by atoms with van der Waals surface area (Å²) in [6.45, 7) is 3.70. The fraction of sp³-hybridized carbons (Fsp3) is 0.214. The van der Waals surface area contributed by atoms with Crippen LogP contribution < -0.4 is 4.90 Å². The number of esters is 1. The average molecular weight is 471 g/mol. The Morgan fingerprint density at radius 1 is 0.943 bits per heavy atom. The number of anilines is 1. The molecule has 7 heteroatoms. The molecular weight excluding hydrogens is 444 g/mol. The smallest absolute Gasteiger partial charge is 0.337 e. The van der Waals surface area contributed by atoms with Gasteiger partial charge in [0.25, 0.3) is 11.8 Å². The number of carbonyl (C=O) groups is 4. The van der Waals surface area contributed by atoms with Crippen molar-refractivity contribution in [3.8, 4) is 0 Å². The van der Waals surface area contributed by atoms with Gasteiger partial charge in [-0.2, -0.15) is 0 Å². The predicted octanol–water partition coefficient (Wildman–Crippen LogP) is 4.32. The predicted molar refractivity (Wildman–Crippen MR) is 131 cm³/mol. The van der Waals surface area contributed by atoms with E-state index >= 15 is 0 Å². The number of methoxy groups -OCH3 is 1. The van der Waals surface area contributed by atoms with E-state index < -0.39 is 29.9 Å². The van der Waals surface area contributed by atoms with Crippen molar-refractivity contribution in [3.05, 3.63) is 101 Å². The van der Waals surface area contributed by atoms with Gasteiger partial charge in [-0.1, -0.05) is 48.5 Å². The molecule has 0 N–H and O–H groups in total. The summed E-state index contributed by atoms with van der Waals surface area (Å²) >= 11 is 0. The van der Waals surface area contributed by atoms with Crippen LogP contribution in [0, 0.1) is 6.92 Å². The summed E-state index contributed by atoms with van der Waals surface area (Å²) in [5, 5.41) is 0. The zero-order valence-corrected chi connectivity index (χ0v) is 19.8. The van der Waals surface area contributed by atoms with Crippen LogP contribution in [0.3, 0.4) is 0 Å². The molecule has 1 aliphatic rings. The summed E-state index contributed by atoms with van der Waals surface area (Å²) in [7, 11) is 1.28. The van der Waals surface area contributed by atoms with E-state index in [9.17, 15) is 19.2 Å². The van der Waals surface area contributed by atoms with E-state index in [1.54, 1.807) is 12.1 Å². The highest BCUT2D eigenvalue weighted by Gasteiger charge is 2.46. The van der Waals surface area contributed by atoms with Crippen molar-refractivity contribution in [3.63, 3.8) is 0 Å². The van der Waals surface area contributed by atoms with Crippen molar-refractivity contribution < 1.29 is 23.9 Å². The highest BCUT2D eigenvalue weighted by Crippen LogP contribution is 2.33. The third-order valence-corrected chi connectivity index (χ3v) is 6.31. The Kier molecular flexibility index (Phi) is 6.78. The molecule has 1 aliphatic heterocycles. The molecule has 178 valence electrons. The molecular formula is C28H26N2O5. The molecule has 3 amide bonds. The van der Waals surface area contributed by atoms with E-state index in [0.29, 0.717) is 16.8 Å². The number of carbonyl (C=O) groups excluding carboxylic acids is 4. The first kappa shape index (κ1) is 23.9. The Labute approximate surface area is 203 Å². The lowest BCUT2D eigenvalue weighted by Gasteiger charge is -2.34. The normalized spacial score (nSPS) is 16.2. The van der Waals surface area contributed by atoms with Gasteiger partial charge in [0.2, 0.25) is 5.91 Å². The highest BCUT2D eigenvalue weighted by atomic mass is 16.5. The molecule has 0 bridgehead atoms. The maximum absolute atomic E-state index is 13.8. The van der Waals surface area contributed by atoms with Crippen molar-refractivity contribution in [2.75, 3.05) is 12.0 Å². The summed E-state index contributed by atoms with van der Waals surface area (Å²) in [5.74, 6) is -1.71. The number of hydrogen-bond donors (Lipinski definition) is 0. The van der Waals surface area contributed by atoms with Crippen LogP contribution in [-0.2, 0) is 14.3 Å². The SMILES string of the molecule is COC(=O)c1ccc(N2C(=O)CC(N(C(=O)c3ccccc3C)C(C)c3ccccc3)C2=O)cc1. The van der Waals surface area contributed by atoms with Crippen LogP contribution >= 0.6 is 0 Å². The van der Waals surface area contributed by atoms with Gasteiger partial charge in [-0.05, 0) is 55.3 Å². The summed E-state index contributed by atoms with van der Waals surface area (Å²) in [4.78, 5) is 54.8. The van der Waals surface area contributed by atoms with Gasteiger partial charge in [-0.15, -0.1) is 0 Å². The molecule has 0 aliphatic carbocycles. The van der Waals surface area contributed by atoms with E-state index in [1.807, 2.05) is 56.3 Å². The van der Waals surface area contributed by atoms with Gasteiger partial charge in [0.15, 0.2) is 0 Å². The van der Waals surface area contributed by atoms with Crippen LogP contribution in [0.25, 0.3) is 0 Å². The second-order valence-corrected chi connectivity index (χ2v) is 8.44. The lowest BCUT2D eigenvalue weighted by molar-refractivity contribution is -0.123. The fourth-order valence-electron chi connectivity index (χ4n) is 4.40. The Morgan fingerprint density at radius 2 is 1.57 bits per heavy atom. The molecule has 1 saturated heterocycles. The molecule has 2 atom stereocenters. The molecule has 7 nitrogen and oxygen atoms in total. The zero-order valence-electron chi connectivity index (χ0n) is 19.8. The fourth-order valence-corrected chi connectivity index (χ4v) is 4.40. The first-order valence-electron chi connectivity index (χ1n) is 11.3. The van der Waals surface area contributed by atoms with E-state index in [1.165, 1.54) is 36.3 Å². The molecule has 3 aromatic rings. The van der Waals surface area contributed by atoms with E-state index in [-0.39, 0.29) is 12.3 Å². The Morgan fingerprint density at radius 3 is 2.20 bits per heavy atom. The molecule has 4 rings (SSSR count). The molecule has 2 unspecified atom stereocenters. The third kappa shape index (κ3) is 4.57. The second-order valence-electron chi connectivity index (χ2n) is 8.44. The van der Waals surface area contributed by atoms with Crippen LogP contribution in [0.5, 0.6) is 0 Å². The highest BCUT2D eigenvalue weighted by molar-refractivity contribution is 6.23. The Hall–Kier alpha value is -4.26. The number of benzene rings is 3. The number of hydrogen-bond acceptors (Lipinski definition) is 5. The molecule has 0 aromatic heterocycles. The van der Waals surface area contributed by atoms with Gasteiger partial charge in [0.05, 0.1) is 30.8 Å². The van der Waals surface area contributed by atoms with Gasteiger partial charge in [0.1, 0.15) is 6.04 Å². The van der Waals surface area contributed by atoms with Crippen LogP contribution in [0.2, 0.25) is 0 Å². The zero-order chi connectivity index (χ0) is 25.1. The van der Waals surface area contributed by atoms with Gasteiger partial charge >= 0.3 is 5.97 Å². The van der Waals surface area contributed by atoms with Crippen molar-refractivity contribution in [1.29, 1.82) is 0 Å². The van der Waals surface area contributed by atoms with Crippen LogP contribution in [0.15, 0.2) is 78.9 Å². The summed E-state index contributed by atoms with van der Waals surface area (Å²) in [6, 6.07) is 21.3. The summed E-state index contributed by atoms with van der Waals surface area (Å²) < 4.78 is 4.71. The summed E-state index contributed by atoms with van der Waals surface area (Å²) in [5.41, 5.74) is 2.77. The Balaban J connectivity index is 1.71. The molecule has 0 spiro atoms. The van der Waals surface area contributed by atoms with Crippen molar-refractivity contribution in [1.82, 2.24) is 4.90 Å². The van der Waals surface area contributed by atoms with Crippen LogP contribution in [0.4, 0.5) is 5.69 Å². The number of ether oxygens (including phenoxy) is 1. The van der Waals surface area contributed by atoms with E-state index in [4.69, 9.17) is 4.74 Å². The molecule has 0 radical (unpaired) electrons. The number of imide groups is 1. The van der Waals surface area contributed by atoms with Gasteiger partial charge < -0.3 is 9.64 Å². The minimum atomic E-state index is -0.968. The largest absolute Gasteiger partial charge is 0.465 e. The van der Waals surface area contributed by atoms with Gasteiger partial charge in [0, 0.05) is 5.56 Å². The van der Waals surface area contributed by atoms with Crippen LogP contribution in [0.1, 0.15) is 51.2 Å². The van der Waals surface area contributed by atoms with E-state index in [2.05, 4.69) is 0 Å². The van der Waals surface area contributed by atoms with E-state index in [0.717, 1.165) is 16.0 Å². The lowest BCUT2D eigenvalue weighted by atomic mass is 10.0. The maximum atomic E-state index is 13.8. The first-order chi connectivity index (χ1) is 16.8. The third-order valence-electron chi connectivity index (χ3n) is 6.31. The average Bonchev–Trinajstić information content (AvgIpc) is 3.17. The molecule has 0 saturated carbocycles. The molecule has 1 heterocycles. The minimum absolute atomic E-state index is 0.133. The van der Waals surface area contributed by atoms with Crippen molar-refractivity contribution in [2.45, 2.75) is 32.4 Å². The number of nitrogens with zero attached hydrogens (tertiary/aromatic N) is 2. The monoisotopic (exact) mass is 470 g/mol. The first-order valence-corrected chi connectivity index (χ1v) is 11.3. The number of aryl methyl sites for hydroxylation is 1. The minimum Gasteiger partial charge on any atom is -0.465 e. The molecule has 35 heavy (non-hydrogen) atoms. The topological polar surface area (TPSA) is 84.0 Å². The standard InChI is InChI=1S/C28H26N2O5/c1-18-9-7-8-12-23(18)26(32)29(19(2)20-10-5-4-6-11-20)24-17-25(31)30(27(24)33)22-15-13-21(14-16-22)28(34)35-3/h4-16,19,24H,17H2,1-3H3. The van der Waals surface area contributed by atoms with Crippen molar-refractivity contribution in [2.24, 2.45) is 0 Å². The van der Waals surface area contributed by atoms with Crippen LogP contribution in [-0.4, -0.2) is 41.7 Å². The number of amides is 3. The van der Waals surface area contributed by atoms with Gasteiger partial charge in [-0.3, -0.25) is 14.4 Å². The van der Waals surface area contributed by atoms with Gasteiger partial charge in [-0.25, -0.2) is 9.69 Å². The maximum Gasteiger partial charge on any atom is 0.337 e. The molecule has 3 aromatic carbocycles. The lowest BCUT2D eigenvalue weighted by Crippen LogP contribution is -2.47. The Bertz CT molecular complexity index is 1270. The second kappa shape index (κ2) is 9.93. The summed E-state index contributed by atoms with van der Waals surface area (Å²) in [6.07, 6.45) is -0.133. The number of rotatable bonds is 6.